The molecular weight excluding hydrogens is 292 g/mol. The Labute approximate surface area is 126 Å². The van der Waals surface area contributed by atoms with Crippen molar-refractivity contribution in [3.63, 3.8) is 0 Å². The third-order valence-corrected chi connectivity index (χ3v) is 4.21. The number of hydrogen-bond donors (Lipinski definition) is 3. The number of carboxylic acids is 1. The number of benzene rings is 1. The van der Waals surface area contributed by atoms with Crippen LogP contribution in [0.4, 0.5) is 0 Å². The minimum absolute atomic E-state index is 0.277. The van der Waals surface area contributed by atoms with E-state index in [0.717, 1.165) is 17.3 Å². The summed E-state index contributed by atoms with van der Waals surface area (Å²) in [6, 6.07) is 6.79. The summed E-state index contributed by atoms with van der Waals surface area (Å²) in [4.78, 5) is 26.4. The molecule has 21 heavy (non-hydrogen) atoms. The van der Waals surface area contributed by atoms with E-state index >= 15 is 0 Å². The minimum atomic E-state index is -0.846. The average molecular weight is 307 g/mol. The van der Waals surface area contributed by atoms with Gasteiger partial charge in [-0.15, -0.1) is 0 Å². The van der Waals surface area contributed by atoms with Crippen LogP contribution in [0.1, 0.15) is 29.8 Å². The zero-order valence-corrected chi connectivity index (χ0v) is 12.0. The normalized spacial score (nSPS) is 21.6. The van der Waals surface area contributed by atoms with Gasteiger partial charge in [-0.2, -0.15) is 0 Å². The van der Waals surface area contributed by atoms with Crippen LogP contribution >= 0.6 is 11.6 Å². The number of halogens is 1. The summed E-state index contributed by atoms with van der Waals surface area (Å²) >= 11 is 5.91. The first-order valence-corrected chi connectivity index (χ1v) is 7.24. The van der Waals surface area contributed by atoms with Crippen LogP contribution in [0.3, 0.4) is 0 Å². The van der Waals surface area contributed by atoms with E-state index in [1.54, 1.807) is 18.2 Å². The van der Waals surface area contributed by atoms with Crippen molar-refractivity contribution >= 4 is 34.4 Å². The van der Waals surface area contributed by atoms with E-state index in [4.69, 9.17) is 16.7 Å². The molecule has 3 rings (SSSR count). The molecule has 1 aromatic carbocycles. The molecule has 2 atom stereocenters. The summed E-state index contributed by atoms with van der Waals surface area (Å²) in [6.45, 7) is 0. The Morgan fingerprint density at radius 2 is 2.10 bits per heavy atom. The highest BCUT2D eigenvalue weighted by Crippen LogP contribution is 2.26. The molecule has 2 aromatic rings. The molecule has 1 amide bonds. The summed E-state index contributed by atoms with van der Waals surface area (Å²) in [7, 11) is 0. The van der Waals surface area contributed by atoms with Crippen molar-refractivity contribution in [3.8, 4) is 0 Å². The molecule has 110 valence electrons. The molecule has 5 nitrogen and oxygen atoms in total. The van der Waals surface area contributed by atoms with Gasteiger partial charge in [0.1, 0.15) is 5.69 Å². The summed E-state index contributed by atoms with van der Waals surface area (Å²) in [6.07, 6.45) is 2.14. The van der Waals surface area contributed by atoms with E-state index in [1.165, 1.54) is 0 Å². The van der Waals surface area contributed by atoms with E-state index in [2.05, 4.69) is 10.3 Å². The molecule has 1 saturated carbocycles. The number of nitrogens with one attached hydrogen (secondary N) is 2. The lowest BCUT2D eigenvalue weighted by atomic mass is 10.0. The number of fused-ring (bicyclic) bond motifs is 1. The van der Waals surface area contributed by atoms with Crippen LogP contribution in [-0.4, -0.2) is 28.0 Å². The van der Waals surface area contributed by atoms with Gasteiger partial charge in [0.15, 0.2) is 0 Å². The first kappa shape index (κ1) is 13.9. The van der Waals surface area contributed by atoms with Crippen molar-refractivity contribution in [2.75, 3.05) is 0 Å². The highest BCUT2D eigenvalue weighted by atomic mass is 35.5. The van der Waals surface area contributed by atoms with Crippen molar-refractivity contribution in [3.05, 3.63) is 35.0 Å². The highest BCUT2D eigenvalue weighted by molar-refractivity contribution is 6.31. The van der Waals surface area contributed by atoms with Crippen LogP contribution in [0.5, 0.6) is 0 Å². The fourth-order valence-corrected chi connectivity index (χ4v) is 3.07. The summed E-state index contributed by atoms with van der Waals surface area (Å²) in [5.74, 6) is -1.62. The van der Waals surface area contributed by atoms with Crippen LogP contribution in [0, 0.1) is 5.92 Å². The Morgan fingerprint density at radius 3 is 2.86 bits per heavy atom. The van der Waals surface area contributed by atoms with Crippen LogP contribution in [-0.2, 0) is 4.79 Å². The largest absolute Gasteiger partial charge is 0.481 e. The van der Waals surface area contributed by atoms with Gasteiger partial charge >= 0.3 is 5.97 Å². The topological polar surface area (TPSA) is 82.2 Å². The molecule has 3 N–H and O–H groups in total. The highest BCUT2D eigenvalue weighted by Gasteiger charge is 2.34. The summed E-state index contributed by atoms with van der Waals surface area (Å²) < 4.78 is 0. The Morgan fingerprint density at radius 1 is 1.29 bits per heavy atom. The van der Waals surface area contributed by atoms with Crippen molar-refractivity contribution < 1.29 is 14.7 Å². The maximum atomic E-state index is 12.3. The van der Waals surface area contributed by atoms with Crippen LogP contribution < -0.4 is 5.32 Å². The maximum absolute atomic E-state index is 12.3. The molecule has 1 aliphatic carbocycles. The Hall–Kier alpha value is -2.01. The molecule has 0 aliphatic heterocycles. The third-order valence-electron chi connectivity index (χ3n) is 3.98. The number of amides is 1. The van der Waals surface area contributed by atoms with Crippen LogP contribution in [0.2, 0.25) is 5.02 Å². The maximum Gasteiger partial charge on any atom is 0.308 e. The van der Waals surface area contributed by atoms with Gasteiger partial charge in [0.25, 0.3) is 5.91 Å². The number of carbonyl (C=O) groups excluding carboxylic acids is 1. The van der Waals surface area contributed by atoms with E-state index < -0.39 is 11.9 Å². The Kier molecular flexibility index (Phi) is 3.59. The number of aromatic nitrogens is 1. The second kappa shape index (κ2) is 5.41. The van der Waals surface area contributed by atoms with Gasteiger partial charge in [0.2, 0.25) is 0 Å². The second-order valence-corrected chi connectivity index (χ2v) is 5.81. The van der Waals surface area contributed by atoms with E-state index in [1.807, 2.05) is 6.07 Å². The Balaban J connectivity index is 1.79. The zero-order valence-electron chi connectivity index (χ0n) is 11.2. The zero-order chi connectivity index (χ0) is 15.0. The van der Waals surface area contributed by atoms with Crippen molar-refractivity contribution in [2.45, 2.75) is 25.3 Å². The number of aromatic amines is 1. The van der Waals surface area contributed by atoms with Crippen molar-refractivity contribution in [1.29, 1.82) is 0 Å². The molecule has 0 radical (unpaired) electrons. The first-order chi connectivity index (χ1) is 10.0. The molecule has 0 spiro atoms. The van der Waals surface area contributed by atoms with E-state index in [0.29, 0.717) is 23.6 Å². The molecule has 6 heteroatoms. The van der Waals surface area contributed by atoms with Crippen LogP contribution in [0.25, 0.3) is 10.9 Å². The summed E-state index contributed by atoms with van der Waals surface area (Å²) in [5.41, 5.74) is 1.21. The predicted molar refractivity (Wildman–Crippen MR) is 79.5 cm³/mol. The Bertz CT molecular complexity index is 710. The number of H-pyrrole nitrogens is 1. The fourth-order valence-electron chi connectivity index (χ4n) is 2.90. The number of carbonyl (C=O) groups is 2. The molecule has 0 bridgehead atoms. The number of aliphatic carboxylic acids is 1. The van der Waals surface area contributed by atoms with E-state index in [-0.39, 0.29) is 11.9 Å². The molecule has 0 saturated heterocycles. The predicted octanol–water partition coefficient (Wildman–Crippen LogP) is 2.80. The number of carboxylic acid groups (broad SMARTS) is 1. The van der Waals surface area contributed by atoms with Crippen molar-refractivity contribution in [2.24, 2.45) is 5.92 Å². The smallest absolute Gasteiger partial charge is 0.308 e. The molecular formula is C15H15ClN2O3. The average Bonchev–Trinajstić information content (AvgIpc) is 3.04. The summed E-state index contributed by atoms with van der Waals surface area (Å²) in [5, 5.41) is 13.4. The molecule has 1 heterocycles. The minimum Gasteiger partial charge on any atom is -0.481 e. The lowest BCUT2D eigenvalue weighted by Gasteiger charge is -2.16. The monoisotopic (exact) mass is 306 g/mol. The number of rotatable bonds is 3. The van der Waals surface area contributed by atoms with Gasteiger partial charge in [-0.3, -0.25) is 9.59 Å². The van der Waals surface area contributed by atoms with Gasteiger partial charge in [-0.25, -0.2) is 0 Å². The first-order valence-electron chi connectivity index (χ1n) is 6.86. The second-order valence-electron chi connectivity index (χ2n) is 5.37. The molecule has 1 fully saturated rings. The lowest BCUT2D eigenvalue weighted by molar-refractivity contribution is -0.142. The molecule has 1 aliphatic rings. The van der Waals surface area contributed by atoms with Crippen LogP contribution in [0.15, 0.2) is 24.3 Å². The molecule has 0 unspecified atom stereocenters. The standard InChI is InChI=1S/C15H15ClN2O3/c16-9-5-4-8-6-13(17-12(8)7-9)14(19)18-11-3-1-2-10(11)15(20)21/h4-7,10-11,17H,1-3H2,(H,18,19)(H,20,21)/t10-,11+/m1/s1. The van der Waals surface area contributed by atoms with E-state index in [9.17, 15) is 9.59 Å². The van der Waals surface area contributed by atoms with Gasteiger partial charge in [-0.05, 0) is 31.0 Å². The third kappa shape index (κ3) is 2.74. The lowest BCUT2D eigenvalue weighted by Crippen LogP contribution is -2.40. The van der Waals surface area contributed by atoms with Gasteiger partial charge < -0.3 is 15.4 Å². The fraction of sp³-hybridized carbons (Fsp3) is 0.333. The number of hydrogen-bond acceptors (Lipinski definition) is 2. The quantitative estimate of drug-likeness (QED) is 0.815. The van der Waals surface area contributed by atoms with Gasteiger partial charge in [-0.1, -0.05) is 24.1 Å². The van der Waals surface area contributed by atoms with Gasteiger partial charge in [0.05, 0.1) is 5.92 Å². The molecule has 1 aromatic heterocycles. The van der Waals surface area contributed by atoms with Gasteiger partial charge in [0, 0.05) is 22.0 Å². The van der Waals surface area contributed by atoms with Crippen molar-refractivity contribution in [1.82, 2.24) is 10.3 Å². The SMILES string of the molecule is O=C(N[C@H]1CCC[C@H]1C(=O)O)c1cc2ccc(Cl)cc2[nH]1.